The summed E-state index contributed by atoms with van der Waals surface area (Å²) in [5.41, 5.74) is 1.58. The predicted octanol–water partition coefficient (Wildman–Crippen LogP) is 3.46. The average Bonchev–Trinajstić information content (AvgIpc) is 2.74. The Morgan fingerprint density at radius 2 is 1.97 bits per heavy atom. The van der Waals surface area contributed by atoms with E-state index in [0.29, 0.717) is 18.3 Å². The van der Waals surface area contributed by atoms with Crippen LogP contribution in [0.25, 0.3) is 0 Å². The first-order valence-corrected chi connectivity index (χ1v) is 10.8. The summed E-state index contributed by atoms with van der Waals surface area (Å²) in [6.45, 7) is 10.3. The van der Waals surface area contributed by atoms with Crippen LogP contribution >= 0.6 is 24.0 Å². The number of benzene rings is 1. The fourth-order valence-corrected chi connectivity index (χ4v) is 3.79. The first-order valence-electron chi connectivity index (χ1n) is 10.8. The molecule has 1 aliphatic heterocycles. The van der Waals surface area contributed by atoms with E-state index in [-0.39, 0.29) is 29.8 Å². The van der Waals surface area contributed by atoms with Crippen molar-refractivity contribution in [3.05, 3.63) is 29.6 Å². The van der Waals surface area contributed by atoms with Crippen LogP contribution in [0.2, 0.25) is 0 Å². The Kier molecular flexibility index (Phi) is 13.3. The van der Waals surface area contributed by atoms with Crippen molar-refractivity contribution in [2.75, 3.05) is 58.4 Å². The van der Waals surface area contributed by atoms with Crippen LogP contribution in [0, 0.1) is 5.82 Å². The molecule has 0 amide bonds. The zero-order valence-electron chi connectivity index (χ0n) is 18.9. The van der Waals surface area contributed by atoms with Gasteiger partial charge in [-0.3, -0.25) is 4.99 Å². The lowest BCUT2D eigenvalue weighted by molar-refractivity contribution is 0.155. The Hall–Kier alpha value is -1.13. The highest BCUT2D eigenvalue weighted by molar-refractivity contribution is 14.0. The van der Waals surface area contributed by atoms with E-state index in [1.807, 2.05) is 30.9 Å². The normalized spacial score (nSPS) is 15.6. The van der Waals surface area contributed by atoms with Gasteiger partial charge in [0.15, 0.2) is 5.96 Å². The van der Waals surface area contributed by atoms with Crippen LogP contribution in [0.4, 0.5) is 10.1 Å². The van der Waals surface area contributed by atoms with Gasteiger partial charge in [-0.15, -0.1) is 24.0 Å². The molecule has 0 bridgehead atoms. The van der Waals surface area contributed by atoms with Crippen molar-refractivity contribution in [1.82, 2.24) is 15.5 Å². The van der Waals surface area contributed by atoms with Crippen LogP contribution in [0.15, 0.2) is 23.2 Å². The van der Waals surface area contributed by atoms with Gasteiger partial charge in [-0.05, 0) is 50.8 Å². The monoisotopic (exact) mass is 535 g/mol. The third-order valence-corrected chi connectivity index (χ3v) is 5.55. The van der Waals surface area contributed by atoms with E-state index in [2.05, 4.69) is 20.5 Å². The SMILES string of the molecule is CCN(CC)c1ccc(CNC(=NC)NC2CCN(CCCOC)CC2)cc1F.I. The number of methoxy groups -OCH3 is 1. The molecule has 0 atom stereocenters. The van der Waals surface area contributed by atoms with E-state index in [1.54, 1.807) is 20.2 Å². The molecule has 1 aromatic carbocycles. The van der Waals surface area contributed by atoms with Gasteiger partial charge in [0.1, 0.15) is 5.82 Å². The van der Waals surface area contributed by atoms with Crippen molar-refractivity contribution < 1.29 is 9.13 Å². The van der Waals surface area contributed by atoms with Crippen molar-refractivity contribution in [2.45, 2.75) is 45.7 Å². The van der Waals surface area contributed by atoms with Crippen LogP contribution in [0.1, 0.15) is 38.7 Å². The van der Waals surface area contributed by atoms with Gasteiger partial charge in [0.25, 0.3) is 0 Å². The minimum atomic E-state index is -0.170. The summed E-state index contributed by atoms with van der Waals surface area (Å²) in [5, 5.41) is 6.83. The van der Waals surface area contributed by atoms with E-state index in [0.717, 1.165) is 70.1 Å². The zero-order valence-corrected chi connectivity index (χ0v) is 21.2. The van der Waals surface area contributed by atoms with Crippen LogP contribution in [-0.4, -0.2) is 70.4 Å². The second-order valence-electron chi connectivity index (χ2n) is 7.49. The van der Waals surface area contributed by atoms with Gasteiger partial charge in [-0.25, -0.2) is 4.39 Å². The zero-order chi connectivity index (χ0) is 21.1. The number of aliphatic imine (C=N–C) groups is 1. The molecule has 0 spiro atoms. The summed E-state index contributed by atoms with van der Waals surface area (Å²) >= 11 is 0. The Morgan fingerprint density at radius 3 is 2.53 bits per heavy atom. The number of piperidine rings is 1. The van der Waals surface area contributed by atoms with Crippen LogP contribution in [0.5, 0.6) is 0 Å². The number of halogens is 2. The lowest BCUT2D eigenvalue weighted by Crippen LogP contribution is -2.48. The highest BCUT2D eigenvalue weighted by atomic mass is 127. The minimum Gasteiger partial charge on any atom is -0.385 e. The van der Waals surface area contributed by atoms with Crippen molar-refractivity contribution >= 4 is 35.6 Å². The van der Waals surface area contributed by atoms with E-state index < -0.39 is 0 Å². The molecule has 0 aromatic heterocycles. The number of guanidine groups is 1. The van der Waals surface area contributed by atoms with Gasteiger partial charge in [-0.2, -0.15) is 0 Å². The smallest absolute Gasteiger partial charge is 0.191 e. The summed E-state index contributed by atoms with van der Waals surface area (Å²) in [6, 6.07) is 5.89. The number of ether oxygens (including phenoxy) is 1. The summed E-state index contributed by atoms with van der Waals surface area (Å²) in [7, 11) is 3.53. The summed E-state index contributed by atoms with van der Waals surface area (Å²) in [6.07, 6.45) is 3.28. The number of anilines is 1. The Balaban J connectivity index is 0.00000450. The number of hydrogen-bond acceptors (Lipinski definition) is 4. The summed E-state index contributed by atoms with van der Waals surface area (Å²) < 4.78 is 19.6. The Bertz CT molecular complexity index is 634. The largest absolute Gasteiger partial charge is 0.385 e. The summed E-state index contributed by atoms with van der Waals surface area (Å²) in [5.74, 6) is 0.604. The van der Waals surface area contributed by atoms with E-state index in [1.165, 1.54) is 0 Å². The van der Waals surface area contributed by atoms with Gasteiger partial charge in [0.2, 0.25) is 0 Å². The van der Waals surface area contributed by atoms with E-state index >= 15 is 0 Å². The highest BCUT2D eigenvalue weighted by Crippen LogP contribution is 2.20. The number of likely N-dealkylation sites (tertiary alicyclic amines) is 1. The highest BCUT2D eigenvalue weighted by Gasteiger charge is 2.19. The second-order valence-corrected chi connectivity index (χ2v) is 7.49. The van der Waals surface area contributed by atoms with Crippen molar-refractivity contribution in [3.63, 3.8) is 0 Å². The first-order chi connectivity index (χ1) is 14.1. The molecule has 0 radical (unpaired) electrons. The lowest BCUT2D eigenvalue weighted by atomic mass is 10.1. The van der Waals surface area contributed by atoms with E-state index in [4.69, 9.17) is 4.74 Å². The molecule has 2 N–H and O–H groups in total. The molecule has 8 heteroatoms. The molecule has 1 fully saturated rings. The summed E-state index contributed by atoms with van der Waals surface area (Å²) in [4.78, 5) is 8.85. The number of rotatable bonds is 10. The average molecular weight is 535 g/mol. The quantitative estimate of drug-likeness (QED) is 0.208. The topological polar surface area (TPSA) is 52.1 Å². The number of nitrogens with zero attached hydrogens (tertiary/aromatic N) is 3. The van der Waals surface area contributed by atoms with Crippen LogP contribution < -0.4 is 15.5 Å². The van der Waals surface area contributed by atoms with Crippen molar-refractivity contribution in [3.8, 4) is 0 Å². The molecule has 1 heterocycles. The maximum Gasteiger partial charge on any atom is 0.191 e. The molecule has 30 heavy (non-hydrogen) atoms. The van der Waals surface area contributed by atoms with Gasteiger partial charge in [0.05, 0.1) is 5.69 Å². The second kappa shape index (κ2) is 14.8. The predicted molar refractivity (Wildman–Crippen MR) is 135 cm³/mol. The molecule has 1 saturated heterocycles. The molecule has 0 unspecified atom stereocenters. The third-order valence-electron chi connectivity index (χ3n) is 5.55. The number of hydrogen-bond donors (Lipinski definition) is 2. The van der Waals surface area contributed by atoms with Crippen LogP contribution in [-0.2, 0) is 11.3 Å². The number of nitrogens with one attached hydrogen (secondary N) is 2. The lowest BCUT2D eigenvalue weighted by Gasteiger charge is -2.33. The Morgan fingerprint density at radius 1 is 1.27 bits per heavy atom. The molecule has 2 rings (SSSR count). The van der Waals surface area contributed by atoms with E-state index in [9.17, 15) is 4.39 Å². The molecular formula is C22H39FIN5O. The molecule has 6 nitrogen and oxygen atoms in total. The standard InChI is InChI=1S/C22H38FN5O.HI/c1-5-28(6-2)21-9-8-18(16-20(21)23)17-25-22(24-3)26-19-10-13-27(14-11-19)12-7-15-29-4;/h8-9,16,19H,5-7,10-15,17H2,1-4H3,(H2,24,25,26);1H. The van der Waals surface area contributed by atoms with Gasteiger partial charge in [-0.1, -0.05) is 6.07 Å². The Labute approximate surface area is 198 Å². The molecular weight excluding hydrogens is 496 g/mol. The van der Waals surface area contributed by atoms with Gasteiger partial charge < -0.3 is 25.2 Å². The maximum atomic E-state index is 14.5. The first kappa shape index (κ1) is 26.9. The minimum absolute atomic E-state index is 0. The van der Waals surface area contributed by atoms with Gasteiger partial charge in [0, 0.05) is 66.1 Å². The molecule has 1 aromatic rings. The molecule has 0 aliphatic carbocycles. The van der Waals surface area contributed by atoms with Crippen LogP contribution in [0.3, 0.4) is 0 Å². The molecule has 1 aliphatic rings. The fourth-order valence-electron chi connectivity index (χ4n) is 3.79. The third kappa shape index (κ3) is 8.55. The maximum absolute atomic E-state index is 14.5. The van der Waals surface area contributed by atoms with Crippen molar-refractivity contribution in [2.24, 2.45) is 4.99 Å². The molecule has 172 valence electrons. The molecule has 0 saturated carbocycles. The van der Waals surface area contributed by atoms with Gasteiger partial charge >= 0.3 is 0 Å². The fraction of sp³-hybridized carbons (Fsp3) is 0.682. The van der Waals surface area contributed by atoms with Crippen molar-refractivity contribution in [1.29, 1.82) is 0 Å².